The Morgan fingerprint density at radius 1 is 1.10 bits per heavy atom. The average Bonchev–Trinajstić information content (AvgIpc) is 2.96. The maximum Gasteiger partial charge on any atom is 0.490 e. The zero-order chi connectivity index (χ0) is 30.6. The molecule has 2 aromatic rings. The lowest BCUT2D eigenvalue weighted by Crippen LogP contribution is -2.53. The number of rotatable bonds is 11. The lowest BCUT2D eigenvalue weighted by atomic mass is 9.82. The third-order valence-electron chi connectivity index (χ3n) is 6.41. The van der Waals surface area contributed by atoms with Crippen molar-refractivity contribution in [1.82, 2.24) is 14.8 Å². The molecule has 11 nitrogen and oxygen atoms in total. The van der Waals surface area contributed by atoms with Crippen LogP contribution in [0.5, 0.6) is 5.75 Å². The first-order valence-corrected chi connectivity index (χ1v) is 14.2. The summed E-state index contributed by atoms with van der Waals surface area (Å²) in [5.41, 5.74) is 2.39. The fourth-order valence-electron chi connectivity index (χ4n) is 4.39. The van der Waals surface area contributed by atoms with E-state index in [1.54, 1.807) is 42.1 Å². The molecule has 0 radical (unpaired) electrons. The summed E-state index contributed by atoms with van der Waals surface area (Å²) >= 11 is 0. The molecule has 1 aliphatic rings. The number of carboxylic acids is 1. The third-order valence-corrected chi connectivity index (χ3v) is 8.25. The van der Waals surface area contributed by atoms with Crippen molar-refractivity contribution < 1.29 is 51.0 Å². The number of nitrogens with zero attached hydrogens (tertiary/aromatic N) is 2. The zero-order valence-electron chi connectivity index (χ0n) is 22.6. The molecule has 3 rings (SSSR count). The number of hydroxylamine groups is 1. The molecule has 0 spiro atoms. The molecule has 0 unspecified atom stereocenters. The number of amides is 1. The topological polar surface area (TPSA) is 155 Å². The van der Waals surface area contributed by atoms with Crippen LogP contribution in [0.2, 0.25) is 0 Å². The number of carbonyl (C=O) groups is 2. The average molecular weight is 606 g/mol. The number of pyridine rings is 1. The van der Waals surface area contributed by atoms with Gasteiger partial charge in [0.05, 0.1) is 18.1 Å². The highest BCUT2D eigenvalue weighted by molar-refractivity contribution is 7.89. The summed E-state index contributed by atoms with van der Waals surface area (Å²) in [6.45, 7) is 2.69. The Bertz CT molecular complexity index is 1210. The van der Waals surface area contributed by atoms with E-state index in [9.17, 15) is 31.6 Å². The van der Waals surface area contributed by atoms with Crippen molar-refractivity contribution in [2.24, 2.45) is 5.92 Å². The minimum atomic E-state index is -5.08. The Hall–Kier alpha value is -3.27. The zero-order valence-corrected chi connectivity index (χ0v) is 23.4. The lowest BCUT2D eigenvalue weighted by Gasteiger charge is -2.38. The fraction of sp³-hybridized carbons (Fsp3) is 0.500. The second-order valence-electron chi connectivity index (χ2n) is 9.21. The lowest BCUT2D eigenvalue weighted by molar-refractivity contribution is -0.192. The van der Waals surface area contributed by atoms with Crippen LogP contribution >= 0.6 is 0 Å². The molecule has 1 atom stereocenters. The van der Waals surface area contributed by atoms with Crippen LogP contribution in [-0.4, -0.2) is 71.9 Å². The summed E-state index contributed by atoms with van der Waals surface area (Å²) in [5.74, 6) is -3.25. The highest BCUT2D eigenvalue weighted by atomic mass is 32.2. The number of carbonyl (C=O) groups excluding carboxylic acids is 1. The number of methoxy groups -OCH3 is 1. The molecular weight excluding hydrogens is 571 g/mol. The molecule has 0 bridgehead atoms. The number of hydrogen-bond acceptors (Lipinski definition) is 8. The van der Waals surface area contributed by atoms with Crippen molar-refractivity contribution in [1.29, 1.82) is 0 Å². The molecule has 41 heavy (non-hydrogen) atoms. The van der Waals surface area contributed by atoms with Crippen LogP contribution in [0.3, 0.4) is 0 Å². The smallest absolute Gasteiger partial charge is 0.490 e. The minimum Gasteiger partial charge on any atom is -0.497 e. The highest BCUT2D eigenvalue weighted by Gasteiger charge is 2.42. The van der Waals surface area contributed by atoms with E-state index >= 15 is 0 Å². The van der Waals surface area contributed by atoms with Gasteiger partial charge >= 0.3 is 12.1 Å². The van der Waals surface area contributed by atoms with Crippen molar-refractivity contribution in [2.45, 2.75) is 68.8 Å². The van der Waals surface area contributed by atoms with Crippen molar-refractivity contribution in [3.05, 3.63) is 54.4 Å². The van der Waals surface area contributed by atoms with Crippen LogP contribution in [0.25, 0.3) is 0 Å². The van der Waals surface area contributed by atoms with Gasteiger partial charge in [0.25, 0.3) is 5.91 Å². The molecular formula is C26H34F3N3O8S. The van der Waals surface area contributed by atoms with Crippen LogP contribution in [0.4, 0.5) is 13.2 Å². The second-order valence-corrected chi connectivity index (χ2v) is 11.1. The summed E-state index contributed by atoms with van der Waals surface area (Å²) in [6.07, 6.45) is 1.76. The standard InChI is InChI=1S/C24H33N3O6S.C2HF3O2/c1-3-16-33-21-6-4-19(5-7-21)23(24(28)26-29)27(17-18-12-14-25-15-13-18)34(30,31)22-10-8-20(32-2)9-11-22;3-2(4,5)1(6)7/h8-15,19,21,23,29H,3-7,16-17H2,1-2H3,(H,26,28);(H,6,7)/t19?,21?,23-;/m0./s1. The monoisotopic (exact) mass is 605 g/mol. The second kappa shape index (κ2) is 15.7. The van der Waals surface area contributed by atoms with E-state index in [1.165, 1.54) is 23.5 Å². The number of ether oxygens (including phenoxy) is 2. The van der Waals surface area contributed by atoms with Gasteiger partial charge in [0.15, 0.2) is 0 Å². The van der Waals surface area contributed by atoms with Gasteiger partial charge in [-0.05, 0) is 80.0 Å². The summed E-state index contributed by atoms with van der Waals surface area (Å²) in [7, 11) is -2.60. The van der Waals surface area contributed by atoms with Gasteiger partial charge in [0.2, 0.25) is 10.0 Å². The number of nitrogens with one attached hydrogen (secondary N) is 1. The number of carboxylic acid groups (broad SMARTS) is 1. The maximum absolute atomic E-state index is 13.8. The molecule has 0 aliphatic heterocycles. The van der Waals surface area contributed by atoms with Gasteiger partial charge in [-0.2, -0.15) is 17.5 Å². The van der Waals surface area contributed by atoms with E-state index in [2.05, 4.69) is 4.98 Å². The predicted molar refractivity (Wildman–Crippen MR) is 139 cm³/mol. The van der Waals surface area contributed by atoms with Crippen molar-refractivity contribution in [3.63, 3.8) is 0 Å². The Morgan fingerprint density at radius 3 is 2.12 bits per heavy atom. The molecule has 228 valence electrons. The Morgan fingerprint density at radius 2 is 1.66 bits per heavy atom. The van der Waals surface area contributed by atoms with Crippen LogP contribution in [0.1, 0.15) is 44.6 Å². The summed E-state index contributed by atoms with van der Waals surface area (Å²) in [5, 5.41) is 16.7. The molecule has 0 saturated heterocycles. The molecule has 1 amide bonds. The number of aliphatic carboxylic acids is 1. The van der Waals surface area contributed by atoms with Gasteiger partial charge in [-0.15, -0.1) is 0 Å². The van der Waals surface area contributed by atoms with Gasteiger partial charge in [0, 0.05) is 25.5 Å². The largest absolute Gasteiger partial charge is 0.497 e. The van der Waals surface area contributed by atoms with E-state index in [1.807, 2.05) is 6.92 Å². The van der Waals surface area contributed by atoms with E-state index in [0.29, 0.717) is 30.8 Å². The first-order valence-electron chi connectivity index (χ1n) is 12.8. The van der Waals surface area contributed by atoms with Crippen LogP contribution in [-0.2, 0) is 30.9 Å². The van der Waals surface area contributed by atoms with Crippen molar-refractivity contribution in [3.8, 4) is 5.75 Å². The number of hydrogen-bond donors (Lipinski definition) is 3. The summed E-state index contributed by atoms with van der Waals surface area (Å²) < 4.78 is 71.6. The van der Waals surface area contributed by atoms with Gasteiger partial charge in [-0.25, -0.2) is 18.7 Å². The summed E-state index contributed by atoms with van der Waals surface area (Å²) in [4.78, 5) is 25.9. The third kappa shape index (κ3) is 9.95. The van der Waals surface area contributed by atoms with Gasteiger partial charge in [-0.1, -0.05) is 6.92 Å². The molecule has 1 aromatic heterocycles. The van der Waals surface area contributed by atoms with Gasteiger partial charge in [0.1, 0.15) is 11.8 Å². The quantitative estimate of drug-likeness (QED) is 0.256. The van der Waals surface area contributed by atoms with Crippen molar-refractivity contribution >= 4 is 21.9 Å². The number of aromatic nitrogens is 1. The molecule has 15 heteroatoms. The number of sulfonamides is 1. The van der Waals surface area contributed by atoms with E-state index in [0.717, 1.165) is 19.3 Å². The Labute approximate surface area is 236 Å². The Balaban J connectivity index is 0.000000745. The maximum atomic E-state index is 13.8. The normalized spacial score (nSPS) is 18.1. The first kappa shape index (κ1) is 33.9. The molecule has 1 saturated carbocycles. The molecule has 1 aromatic carbocycles. The van der Waals surface area contributed by atoms with E-state index in [4.69, 9.17) is 19.4 Å². The van der Waals surface area contributed by atoms with Gasteiger partial charge < -0.3 is 14.6 Å². The van der Waals surface area contributed by atoms with E-state index in [-0.39, 0.29) is 23.5 Å². The predicted octanol–water partition coefficient (Wildman–Crippen LogP) is 3.77. The molecule has 1 heterocycles. The number of alkyl halides is 3. The van der Waals surface area contributed by atoms with Crippen molar-refractivity contribution in [2.75, 3.05) is 13.7 Å². The molecule has 1 fully saturated rings. The highest BCUT2D eigenvalue weighted by Crippen LogP contribution is 2.34. The first-order chi connectivity index (χ1) is 19.3. The van der Waals surface area contributed by atoms with E-state index < -0.39 is 34.1 Å². The molecule has 1 aliphatic carbocycles. The van der Waals surface area contributed by atoms with Crippen LogP contribution in [0.15, 0.2) is 53.7 Å². The molecule has 3 N–H and O–H groups in total. The summed E-state index contributed by atoms with van der Waals surface area (Å²) in [6, 6.07) is 8.37. The SMILES string of the molecule is CCCOC1CCC([C@@H](C(=O)NO)N(Cc2ccncc2)S(=O)(=O)c2ccc(OC)cc2)CC1.O=C(O)C(F)(F)F. The van der Waals surface area contributed by atoms with Crippen LogP contribution in [0, 0.1) is 5.92 Å². The number of halogens is 3. The fourth-order valence-corrected chi connectivity index (χ4v) is 6.02. The van der Waals surface area contributed by atoms with Gasteiger partial charge in [-0.3, -0.25) is 15.0 Å². The number of benzene rings is 1. The Kier molecular flexibility index (Phi) is 13.0. The van der Waals surface area contributed by atoms with Crippen LogP contribution < -0.4 is 10.2 Å². The minimum absolute atomic E-state index is 0.0399.